The minimum absolute atomic E-state index is 0.148. The van der Waals surface area contributed by atoms with Crippen molar-refractivity contribution in [3.05, 3.63) is 51.5 Å². The Morgan fingerprint density at radius 3 is 2.76 bits per heavy atom. The zero-order valence-electron chi connectivity index (χ0n) is 11.3. The fourth-order valence-electron chi connectivity index (χ4n) is 1.74. The highest BCUT2D eigenvalue weighted by Gasteiger charge is 2.22. The SMILES string of the molecule is C=CCNc1ncnc(NCCc2cccs2)c1[N+](=O)[O-]. The molecule has 0 saturated carbocycles. The molecule has 0 spiro atoms. The van der Waals surface area contributed by atoms with Gasteiger partial charge in [-0.2, -0.15) is 0 Å². The van der Waals surface area contributed by atoms with Gasteiger partial charge in [-0.05, 0) is 17.9 Å². The molecule has 0 bridgehead atoms. The molecular weight excluding hydrogens is 290 g/mol. The van der Waals surface area contributed by atoms with Crippen molar-refractivity contribution in [1.82, 2.24) is 9.97 Å². The molecule has 0 radical (unpaired) electrons. The quantitative estimate of drug-likeness (QED) is 0.442. The molecule has 0 aromatic carbocycles. The highest BCUT2D eigenvalue weighted by atomic mass is 32.1. The predicted octanol–water partition coefficient (Wildman–Crippen LogP) is 2.70. The number of aromatic nitrogens is 2. The Bertz CT molecular complexity index is 615. The van der Waals surface area contributed by atoms with Crippen LogP contribution in [0, 0.1) is 10.1 Å². The maximum Gasteiger partial charge on any atom is 0.353 e. The maximum atomic E-state index is 11.2. The van der Waals surface area contributed by atoms with Gasteiger partial charge in [-0.1, -0.05) is 12.1 Å². The predicted molar refractivity (Wildman–Crippen MR) is 83.9 cm³/mol. The second-order valence-electron chi connectivity index (χ2n) is 4.10. The molecule has 0 amide bonds. The van der Waals surface area contributed by atoms with Gasteiger partial charge in [0.2, 0.25) is 11.6 Å². The highest BCUT2D eigenvalue weighted by molar-refractivity contribution is 7.09. The van der Waals surface area contributed by atoms with Crippen molar-refractivity contribution >= 4 is 28.7 Å². The number of thiophene rings is 1. The van der Waals surface area contributed by atoms with Crippen LogP contribution in [0.25, 0.3) is 0 Å². The molecule has 0 saturated heterocycles. The van der Waals surface area contributed by atoms with Crippen LogP contribution < -0.4 is 10.6 Å². The van der Waals surface area contributed by atoms with Crippen molar-refractivity contribution < 1.29 is 4.92 Å². The van der Waals surface area contributed by atoms with Crippen LogP contribution in [-0.4, -0.2) is 28.0 Å². The second kappa shape index (κ2) is 7.34. The van der Waals surface area contributed by atoms with Crippen LogP contribution in [0.3, 0.4) is 0 Å². The standard InChI is InChI=1S/C13H15N5O2S/c1-2-6-14-12-11(18(19)20)13(17-9-16-12)15-7-5-10-4-3-8-21-10/h2-4,8-9H,1,5-7H2,(H2,14,15,16,17). The molecule has 0 atom stereocenters. The van der Waals surface area contributed by atoms with Crippen LogP contribution in [0.4, 0.5) is 17.3 Å². The summed E-state index contributed by atoms with van der Waals surface area (Å²) in [6.45, 7) is 4.52. The van der Waals surface area contributed by atoms with Crippen LogP contribution in [0.2, 0.25) is 0 Å². The number of anilines is 2. The Labute approximate surface area is 125 Å². The van der Waals surface area contributed by atoms with Crippen molar-refractivity contribution in [2.24, 2.45) is 0 Å². The second-order valence-corrected chi connectivity index (χ2v) is 5.13. The van der Waals surface area contributed by atoms with Gasteiger partial charge in [0.05, 0.1) is 4.92 Å². The van der Waals surface area contributed by atoms with Gasteiger partial charge in [0, 0.05) is 18.0 Å². The third-order valence-corrected chi connectivity index (χ3v) is 3.60. The lowest BCUT2D eigenvalue weighted by atomic mass is 10.3. The van der Waals surface area contributed by atoms with Gasteiger partial charge in [-0.25, -0.2) is 9.97 Å². The van der Waals surface area contributed by atoms with Crippen molar-refractivity contribution in [2.45, 2.75) is 6.42 Å². The summed E-state index contributed by atoms with van der Waals surface area (Å²) in [5.41, 5.74) is -0.148. The van der Waals surface area contributed by atoms with E-state index in [2.05, 4.69) is 27.2 Å². The molecule has 110 valence electrons. The summed E-state index contributed by atoms with van der Waals surface area (Å²) in [7, 11) is 0. The van der Waals surface area contributed by atoms with Gasteiger partial charge in [0.15, 0.2) is 0 Å². The molecule has 0 unspecified atom stereocenters. The summed E-state index contributed by atoms with van der Waals surface area (Å²) in [5, 5.41) is 19.1. The summed E-state index contributed by atoms with van der Waals surface area (Å²) in [5.74, 6) is 0.409. The van der Waals surface area contributed by atoms with E-state index in [1.165, 1.54) is 11.2 Å². The largest absolute Gasteiger partial charge is 0.364 e. The first-order valence-corrected chi connectivity index (χ1v) is 7.20. The van der Waals surface area contributed by atoms with Gasteiger partial charge >= 0.3 is 5.69 Å². The third-order valence-electron chi connectivity index (χ3n) is 2.66. The molecular formula is C13H15N5O2S. The fourth-order valence-corrected chi connectivity index (χ4v) is 2.45. The van der Waals surface area contributed by atoms with Gasteiger partial charge in [0.1, 0.15) is 6.33 Å². The van der Waals surface area contributed by atoms with Gasteiger partial charge in [-0.3, -0.25) is 10.1 Å². The van der Waals surface area contributed by atoms with Crippen molar-refractivity contribution in [3.8, 4) is 0 Å². The molecule has 7 nitrogen and oxygen atoms in total. The fraction of sp³-hybridized carbons (Fsp3) is 0.231. The van der Waals surface area contributed by atoms with E-state index < -0.39 is 4.92 Å². The molecule has 8 heteroatoms. The first kappa shape index (κ1) is 14.9. The molecule has 2 aromatic heterocycles. The van der Waals surface area contributed by atoms with Crippen molar-refractivity contribution in [2.75, 3.05) is 23.7 Å². The Morgan fingerprint density at radius 1 is 1.38 bits per heavy atom. The van der Waals surface area contributed by atoms with Crippen molar-refractivity contribution in [3.63, 3.8) is 0 Å². The van der Waals surface area contributed by atoms with E-state index in [9.17, 15) is 10.1 Å². The third kappa shape index (κ3) is 3.99. The Balaban J connectivity index is 2.10. The number of nitro groups is 1. The molecule has 2 heterocycles. The number of hydrogen-bond acceptors (Lipinski definition) is 7. The van der Waals surface area contributed by atoms with Crippen LogP contribution in [0.15, 0.2) is 36.5 Å². The van der Waals surface area contributed by atoms with Gasteiger partial charge < -0.3 is 10.6 Å². The zero-order chi connectivity index (χ0) is 15.1. The molecule has 0 aliphatic heterocycles. The Morgan fingerprint density at radius 2 is 2.14 bits per heavy atom. The lowest BCUT2D eigenvalue weighted by Gasteiger charge is -2.08. The molecule has 0 aliphatic carbocycles. The molecule has 0 fully saturated rings. The molecule has 21 heavy (non-hydrogen) atoms. The highest BCUT2D eigenvalue weighted by Crippen LogP contribution is 2.28. The average Bonchev–Trinajstić information content (AvgIpc) is 2.98. The molecule has 0 aliphatic rings. The van der Waals surface area contributed by atoms with E-state index in [1.54, 1.807) is 17.4 Å². The first-order valence-electron chi connectivity index (χ1n) is 6.32. The smallest absolute Gasteiger partial charge is 0.353 e. The van der Waals surface area contributed by atoms with E-state index in [0.717, 1.165) is 6.42 Å². The summed E-state index contributed by atoms with van der Waals surface area (Å²) in [6, 6.07) is 4.00. The number of rotatable bonds is 8. The van der Waals surface area contributed by atoms with E-state index in [0.29, 0.717) is 13.1 Å². The summed E-state index contributed by atoms with van der Waals surface area (Å²) in [4.78, 5) is 19.8. The lowest BCUT2D eigenvalue weighted by Crippen LogP contribution is -2.11. The van der Waals surface area contributed by atoms with Gasteiger partial charge in [0.25, 0.3) is 0 Å². The summed E-state index contributed by atoms with van der Waals surface area (Å²) < 4.78 is 0. The first-order chi connectivity index (χ1) is 10.2. The topological polar surface area (TPSA) is 93.0 Å². The maximum absolute atomic E-state index is 11.2. The van der Waals surface area contributed by atoms with Crippen LogP contribution >= 0.6 is 11.3 Å². The van der Waals surface area contributed by atoms with Crippen LogP contribution in [-0.2, 0) is 6.42 Å². The van der Waals surface area contributed by atoms with E-state index in [4.69, 9.17) is 0 Å². The molecule has 2 aromatic rings. The normalized spacial score (nSPS) is 10.1. The van der Waals surface area contributed by atoms with Crippen LogP contribution in [0.1, 0.15) is 4.88 Å². The minimum atomic E-state index is -0.487. The zero-order valence-corrected chi connectivity index (χ0v) is 12.1. The summed E-state index contributed by atoms with van der Waals surface area (Å²) >= 11 is 1.65. The van der Waals surface area contributed by atoms with E-state index in [1.807, 2.05) is 17.5 Å². The number of nitrogens with zero attached hydrogens (tertiary/aromatic N) is 3. The summed E-state index contributed by atoms with van der Waals surface area (Å²) in [6.07, 6.45) is 3.69. The minimum Gasteiger partial charge on any atom is -0.364 e. The Kier molecular flexibility index (Phi) is 5.22. The van der Waals surface area contributed by atoms with Crippen LogP contribution in [0.5, 0.6) is 0 Å². The monoisotopic (exact) mass is 305 g/mol. The Hall–Kier alpha value is -2.48. The molecule has 2 N–H and O–H groups in total. The number of nitrogens with one attached hydrogen (secondary N) is 2. The lowest BCUT2D eigenvalue weighted by molar-refractivity contribution is -0.383. The van der Waals surface area contributed by atoms with Crippen molar-refractivity contribution in [1.29, 1.82) is 0 Å². The van der Waals surface area contributed by atoms with E-state index in [-0.39, 0.29) is 17.3 Å². The average molecular weight is 305 g/mol. The molecule has 2 rings (SSSR count). The number of hydrogen-bond donors (Lipinski definition) is 2. The van der Waals surface area contributed by atoms with Gasteiger partial charge in [-0.15, -0.1) is 17.9 Å². The van der Waals surface area contributed by atoms with E-state index >= 15 is 0 Å².